The maximum Gasteiger partial charge on any atom is 0.168 e. The van der Waals surface area contributed by atoms with Crippen molar-refractivity contribution < 1.29 is 14.2 Å². The van der Waals surface area contributed by atoms with Gasteiger partial charge in [-0.3, -0.25) is 4.90 Å². The van der Waals surface area contributed by atoms with Crippen molar-refractivity contribution in [2.45, 2.75) is 63.4 Å². The van der Waals surface area contributed by atoms with Crippen molar-refractivity contribution >= 4 is 0 Å². The minimum Gasteiger partial charge on any atom is -0.489 e. The zero-order valence-electron chi connectivity index (χ0n) is 18.4. The van der Waals surface area contributed by atoms with Gasteiger partial charge in [0.05, 0.1) is 13.2 Å². The van der Waals surface area contributed by atoms with E-state index in [2.05, 4.69) is 67.4 Å². The molecule has 4 rings (SSSR count). The molecule has 4 heteroatoms. The molecule has 1 spiro atoms. The van der Waals surface area contributed by atoms with E-state index in [4.69, 9.17) is 14.2 Å². The topological polar surface area (TPSA) is 30.9 Å². The molecular weight excluding hydrogens is 374 g/mol. The van der Waals surface area contributed by atoms with Crippen molar-refractivity contribution in [2.24, 2.45) is 0 Å². The Hall–Kier alpha value is -1.88. The molecule has 0 aromatic heterocycles. The minimum absolute atomic E-state index is 0.00183. The molecule has 0 bridgehead atoms. The molecule has 0 radical (unpaired) electrons. The molecule has 0 atom stereocenters. The number of hydrogen-bond donors (Lipinski definition) is 0. The van der Waals surface area contributed by atoms with Gasteiger partial charge in [0.1, 0.15) is 12.4 Å². The molecule has 1 heterocycles. The fourth-order valence-electron chi connectivity index (χ4n) is 4.95. The summed E-state index contributed by atoms with van der Waals surface area (Å²) < 4.78 is 18.2. The van der Waals surface area contributed by atoms with Crippen LogP contribution in [-0.2, 0) is 21.6 Å². The Kier molecular flexibility index (Phi) is 6.77. The molecule has 4 nitrogen and oxygen atoms in total. The van der Waals surface area contributed by atoms with Gasteiger partial charge in [-0.1, -0.05) is 55.8 Å². The van der Waals surface area contributed by atoms with Gasteiger partial charge in [-0.25, -0.2) is 0 Å². The molecule has 0 N–H and O–H groups in total. The summed E-state index contributed by atoms with van der Waals surface area (Å²) in [5.41, 5.74) is 2.54. The first-order valence-electron chi connectivity index (χ1n) is 11.4. The lowest BCUT2D eigenvalue weighted by Crippen LogP contribution is -2.51. The molecule has 1 aliphatic carbocycles. The molecule has 0 amide bonds. The van der Waals surface area contributed by atoms with Gasteiger partial charge in [-0.2, -0.15) is 0 Å². The smallest absolute Gasteiger partial charge is 0.168 e. The van der Waals surface area contributed by atoms with Crippen LogP contribution in [0.15, 0.2) is 54.6 Å². The summed E-state index contributed by atoms with van der Waals surface area (Å²) in [5.74, 6) is 0.588. The predicted octanol–water partition coefficient (Wildman–Crippen LogP) is 5.51. The van der Waals surface area contributed by atoms with Gasteiger partial charge in [0.15, 0.2) is 5.79 Å². The van der Waals surface area contributed by atoms with Gasteiger partial charge in [0, 0.05) is 18.4 Å². The fourth-order valence-corrected chi connectivity index (χ4v) is 4.95. The largest absolute Gasteiger partial charge is 0.489 e. The Labute approximate surface area is 181 Å². The van der Waals surface area contributed by atoms with E-state index in [9.17, 15) is 0 Å². The van der Waals surface area contributed by atoms with Crippen molar-refractivity contribution in [1.82, 2.24) is 4.90 Å². The lowest BCUT2D eigenvalue weighted by molar-refractivity contribution is -0.194. The van der Waals surface area contributed by atoms with Crippen LogP contribution in [0.5, 0.6) is 5.75 Å². The van der Waals surface area contributed by atoms with E-state index in [1.54, 1.807) is 0 Å². The normalized spacial score (nSPS) is 20.0. The Morgan fingerprint density at radius 3 is 2.37 bits per heavy atom. The molecule has 0 unspecified atom stereocenters. The minimum atomic E-state index is -0.351. The molecule has 2 fully saturated rings. The summed E-state index contributed by atoms with van der Waals surface area (Å²) >= 11 is 0. The van der Waals surface area contributed by atoms with E-state index < -0.39 is 0 Å². The molecule has 2 aromatic rings. The maximum atomic E-state index is 6.15. The van der Waals surface area contributed by atoms with Crippen LogP contribution in [0.4, 0.5) is 0 Å². The molecule has 2 aliphatic rings. The third-order valence-corrected chi connectivity index (χ3v) is 6.85. The van der Waals surface area contributed by atoms with Crippen molar-refractivity contribution in [2.75, 3.05) is 26.8 Å². The van der Waals surface area contributed by atoms with E-state index in [1.807, 2.05) is 6.07 Å². The highest BCUT2D eigenvalue weighted by Crippen LogP contribution is 2.48. The number of ether oxygens (including phenoxy) is 3. The van der Waals surface area contributed by atoms with Crippen LogP contribution in [0.25, 0.3) is 0 Å². The highest BCUT2D eigenvalue weighted by atomic mass is 16.7. The second-order valence-corrected chi connectivity index (χ2v) is 8.72. The van der Waals surface area contributed by atoms with Crippen molar-refractivity contribution in [3.05, 3.63) is 65.7 Å². The molecule has 1 saturated heterocycles. The third-order valence-electron chi connectivity index (χ3n) is 6.85. The third kappa shape index (κ3) is 4.56. The molecule has 1 saturated carbocycles. The van der Waals surface area contributed by atoms with Gasteiger partial charge in [0.2, 0.25) is 0 Å². The Morgan fingerprint density at radius 1 is 0.933 bits per heavy atom. The first-order valence-corrected chi connectivity index (χ1v) is 11.4. The van der Waals surface area contributed by atoms with Crippen LogP contribution < -0.4 is 4.74 Å². The first kappa shape index (κ1) is 21.4. The zero-order chi connectivity index (χ0) is 20.9. The summed E-state index contributed by atoms with van der Waals surface area (Å²) in [5, 5.41) is 0. The van der Waals surface area contributed by atoms with Crippen molar-refractivity contribution in [3.8, 4) is 5.75 Å². The van der Waals surface area contributed by atoms with Gasteiger partial charge in [-0.05, 0) is 56.1 Å². The molecule has 1 aliphatic heterocycles. The Balaban J connectivity index is 1.54. The first-order chi connectivity index (χ1) is 14.7. The van der Waals surface area contributed by atoms with E-state index in [1.165, 1.54) is 24.0 Å². The molecule has 2 aromatic carbocycles. The average molecular weight is 410 g/mol. The van der Waals surface area contributed by atoms with E-state index in [0.717, 1.165) is 51.2 Å². The van der Waals surface area contributed by atoms with E-state index >= 15 is 0 Å². The van der Waals surface area contributed by atoms with Gasteiger partial charge >= 0.3 is 0 Å². The maximum absolute atomic E-state index is 6.15. The molecular formula is C26H35NO3. The monoisotopic (exact) mass is 409 g/mol. The summed E-state index contributed by atoms with van der Waals surface area (Å²) in [4.78, 5) is 2.56. The summed E-state index contributed by atoms with van der Waals surface area (Å²) in [6.07, 6.45) is 6.37. The fraction of sp³-hybridized carbons (Fsp3) is 0.538. The second-order valence-electron chi connectivity index (χ2n) is 8.72. The molecule has 30 heavy (non-hydrogen) atoms. The van der Waals surface area contributed by atoms with Crippen LogP contribution in [-0.4, -0.2) is 37.5 Å². The van der Waals surface area contributed by atoms with Gasteiger partial charge in [-0.15, -0.1) is 0 Å². The van der Waals surface area contributed by atoms with Crippen LogP contribution in [0, 0.1) is 0 Å². The quantitative estimate of drug-likeness (QED) is 0.575. The number of hydrogen-bond acceptors (Lipinski definition) is 4. The number of rotatable bonds is 8. The molecule has 162 valence electrons. The highest BCUT2D eigenvalue weighted by molar-refractivity contribution is 5.34. The van der Waals surface area contributed by atoms with Crippen molar-refractivity contribution in [1.29, 1.82) is 0 Å². The summed E-state index contributed by atoms with van der Waals surface area (Å²) in [6, 6.07) is 19.1. The highest BCUT2D eigenvalue weighted by Gasteiger charge is 2.48. The number of nitrogens with zero attached hydrogens (tertiary/aromatic N) is 1. The van der Waals surface area contributed by atoms with Crippen LogP contribution in [0.3, 0.4) is 0 Å². The van der Waals surface area contributed by atoms with Gasteiger partial charge in [0.25, 0.3) is 0 Å². The van der Waals surface area contributed by atoms with Crippen LogP contribution >= 0.6 is 0 Å². The zero-order valence-corrected chi connectivity index (χ0v) is 18.4. The second kappa shape index (κ2) is 9.51. The lowest BCUT2D eigenvalue weighted by atomic mass is 9.73. The SMILES string of the molecule is CCCCN(C)C1(c2cccc(OCc3ccccc3)c2)CCC2(CC1)OCCO2. The Bertz CT molecular complexity index is 791. The predicted molar refractivity (Wildman–Crippen MR) is 120 cm³/mol. The average Bonchev–Trinajstić information content (AvgIpc) is 3.26. The van der Waals surface area contributed by atoms with Crippen LogP contribution in [0.2, 0.25) is 0 Å². The summed E-state index contributed by atoms with van der Waals surface area (Å²) in [7, 11) is 2.28. The van der Waals surface area contributed by atoms with Crippen molar-refractivity contribution in [3.63, 3.8) is 0 Å². The van der Waals surface area contributed by atoms with Gasteiger partial charge < -0.3 is 14.2 Å². The lowest BCUT2D eigenvalue weighted by Gasteiger charge is -2.49. The number of benzene rings is 2. The van der Waals surface area contributed by atoms with E-state index in [-0.39, 0.29) is 11.3 Å². The van der Waals surface area contributed by atoms with E-state index in [0.29, 0.717) is 6.61 Å². The summed E-state index contributed by atoms with van der Waals surface area (Å²) in [6.45, 7) is 5.39. The number of unbranched alkanes of at least 4 members (excludes halogenated alkanes) is 1. The standard InChI is InChI=1S/C26H35NO3/c1-3-4-17-27(2)25(13-15-26(16-14-25)29-18-19-30-26)23-11-8-12-24(20-23)28-21-22-9-6-5-7-10-22/h5-12,20H,3-4,13-19,21H2,1-2H3. The van der Waals surface area contributed by atoms with Crippen LogP contribution in [0.1, 0.15) is 56.6 Å². The Morgan fingerprint density at radius 2 is 1.67 bits per heavy atom.